The molecule has 0 atom stereocenters. The predicted octanol–water partition coefficient (Wildman–Crippen LogP) is 3.15. The topological polar surface area (TPSA) is 60.9 Å². The molecule has 2 aromatic carbocycles. The lowest BCUT2D eigenvalue weighted by molar-refractivity contribution is 0.0999. The normalized spacial score (nSPS) is 11.0. The van der Waals surface area contributed by atoms with Gasteiger partial charge in [-0.1, -0.05) is 12.1 Å². The van der Waals surface area contributed by atoms with Gasteiger partial charge in [-0.05, 0) is 43.0 Å². The SMILES string of the molecule is CSc1ccc(C(N)=O)c(C)c1-n1cnc2ccccc21. The molecule has 0 saturated carbocycles. The van der Waals surface area contributed by atoms with Crippen LogP contribution in [0.3, 0.4) is 0 Å². The van der Waals surface area contributed by atoms with Crippen LogP contribution < -0.4 is 5.73 Å². The Bertz CT molecular complexity index is 839. The van der Waals surface area contributed by atoms with Gasteiger partial charge >= 0.3 is 0 Å². The Morgan fingerprint density at radius 2 is 2.00 bits per heavy atom. The second-order valence-electron chi connectivity index (χ2n) is 4.76. The van der Waals surface area contributed by atoms with Crippen molar-refractivity contribution in [3.8, 4) is 5.69 Å². The first-order chi connectivity index (χ1) is 10.1. The van der Waals surface area contributed by atoms with Crippen LogP contribution in [0.15, 0.2) is 47.6 Å². The number of thioether (sulfide) groups is 1. The van der Waals surface area contributed by atoms with Gasteiger partial charge in [0.25, 0.3) is 0 Å². The van der Waals surface area contributed by atoms with Crippen LogP contribution in [0, 0.1) is 6.92 Å². The number of carbonyl (C=O) groups is 1. The van der Waals surface area contributed by atoms with E-state index in [9.17, 15) is 4.79 Å². The molecule has 5 heteroatoms. The predicted molar refractivity (Wildman–Crippen MR) is 86.1 cm³/mol. The quantitative estimate of drug-likeness (QED) is 0.755. The van der Waals surface area contributed by atoms with E-state index in [-0.39, 0.29) is 0 Å². The highest BCUT2D eigenvalue weighted by molar-refractivity contribution is 7.98. The number of aromatic nitrogens is 2. The summed E-state index contributed by atoms with van der Waals surface area (Å²) in [5.74, 6) is -0.411. The van der Waals surface area contributed by atoms with E-state index in [4.69, 9.17) is 5.73 Å². The molecule has 0 aliphatic carbocycles. The number of para-hydroxylation sites is 2. The van der Waals surface area contributed by atoms with E-state index in [0.717, 1.165) is 27.2 Å². The Kier molecular flexibility index (Phi) is 3.43. The molecular formula is C16H15N3OS. The van der Waals surface area contributed by atoms with E-state index in [1.165, 1.54) is 0 Å². The van der Waals surface area contributed by atoms with Crippen molar-refractivity contribution in [2.75, 3.05) is 6.26 Å². The molecule has 0 saturated heterocycles. The largest absolute Gasteiger partial charge is 0.366 e. The molecule has 106 valence electrons. The lowest BCUT2D eigenvalue weighted by Crippen LogP contribution is -2.14. The Morgan fingerprint density at radius 3 is 2.71 bits per heavy atom. The molecule has 3 aromatic rings. The zero-order valence-corrected chi connectivity index (χ0v) is 12.6. The Labute approximate surface area is 127 Å². The Balaban J connectivity index is 2.35. The number of nitrogens with two attached hydrogens (primary N) is 1. The van der Waals surface area contributed by atoms with Gasteiger partial charge in [0.05, 0.1) is 16.7 Å². The molecule has 1 heterocycles. The summed E-state index contributed by atoms with van der Waals surface area (Å²) in [7, 11) is 0. The molecule has 0 aliphatic rings. The number of imidazole rings is 1. The molecule has 1 amide bonds. The van der Waals surface area contributed by atoms with E-state index in [1.54, 1.807) is 24.2 Å². The van der Waals surface area contributed by atoms with E-state index in [0.29, 0.717) is 5.56 Å². The van der Waals surface area contributed by atoms with Crippen LogP contribution in [-0.4, -0.2) is 21.7 Å². The fourth-order valence-corrected chi connectivity index (χ4v) is 3.19. The highest BCUT2D eigenvalue weighted by Crippen LogP contribution is 2.31. The maximum Gasteiger partial charge on any atom is 0.249 e. The maximum absolute atomic E-state index is 11.6. The number of carbonyl (C=O) groups excluding carboxylic acids is 1. The smallest absolute Gasteiger partial charge is 0.249 e. The zero-order valence-electron chi connectivity index (χ0n) is 11.8. The fourth-order valence-electron chi connectivity index (χ4n) is 2.54. The van der Waals surface area contributed by atoms with Crippen molar-refractivity contribution in [3.05, 3.63) is 53.9 Å². The summed E-state index contributed by atoms with van der Waals surface area (Å²) in [6, 6.07) is 11.6. The summed E-state index contributed by atoms with van der Waals surface area (Å²) < 4.78 is 2.02. The van der Waals surface area contributed by atoms with Crippen LogP contribution >= 0.6 is 11.8 Å². The van der Waals surface area contributed by atoms with E-state index in [1.807, 2.05) is 48.1 Å². The number of hydrogen-bond donors (Lipinski definition) is 1. The Hall–Kier alpha value is -2.27. The van der Waals surface area contributed by atoms with Gasteiger partial charge in [-0.2, -0.15) is 0 Å². The van der Waals surface area contributed by atoms with Crippen molar-refractivity contribution in [2.24, 2.45) is 5.73 Å². The molecule has 2 N–H and O–H groups in total. The van der Waals surface area contributed by atoms with Crippen LogP contribution in [0.4, 0.5) is 0 Å². The molecule has 21 heavy (non-hydrogen) atoms. The lowest BCUT2D eigenvalue weighted by atomic mass is 10.1. The molecule has 3 rings (SSSR count). The number of rotatable bonds is 3. The second kappa shape index (κ2) is 5.26. The summed E-state index contributed by atoms with van der Waals surface area (Å²) in [4.78, 5) is 17.1. The molecule has 0 aliphatic heterocycles. The third kappa shape index (κ3) is 2.19. The van der Waals surface area contributed by atoms with Crippen molar-refractivity contribution in [1.29, 1.82) is 0 Å². The van der Waals surface area contributed by atoms with Gasteiger partial charge in [0.15, 0.2) is 0 Å². The average Bonchev–Trinajstić information content (AvgIpc) is 2.90. The molecule has 0 radical (unpaired) electrons. The average molecular weight is 297 g/mol. The first-order valence-electron chi connectivity index (χ1n) is 6.53. The van der Waals surface area contributed by atoms with Gasteiger partial charge in [-0.25, -0.2) is 4.98 Å². The minimum atomic E-state index is -0.411. The van der Waals surface area contributed by atoms with Crippen LogP contribution in [-0.2, 0) is 0 Å². The third-order valence-electron chi connectivity index (χ3n) is 3.57. The van der Waals surface area contributed by atoms with Crippen LogP contribution in [0.1, 0.15) is 15.9 Å². The first kappa shape index (κ1) is 13.7. The number of nitrogens with zero attached hydrogens (tertiary/aromatic N) is 2. The van der Waals surface area contributed by atoms with Crippen molar-refractivity contribution in [3.63, 3.8) is 0 Å². The highest BCUT2D eigenvalue weighted by atomic mass is 32.2. The van der Waals surface area contributed by atoms with E-state index in [2.05, 4.69) is 4.98 Å². The van der Waals surface area contributed by atoms with Crippen molar-refractivity contribution in [1.82, 2.24) is 9.55 Å². The van der Waals surface area contributed by atoms with E-state index < -0.39 is 5.91 Å². The van der Waals surface area contributed by atoms with Gasteiger partial charge in [0.2, 0.25) is 5.91 Å². The number of hydrogen-bond acceptors (Lipinski definition) is 3. The first-order valence-corrected chi connectivity index (χ1v) is 7.76. The van der Waals surface area contributed by atoms with Crippen molar-refractivity contribution in [2.45, 2.75) is 11.8 Å². The Morgan fingerprint density at radius 1 is 1.24 bits per heavy atom. The standard InChI is InChI=1S/C16H15N3OS/c1-10-11(16(17)20)7-8-14(21-2)15(10)19-9-18-12-5-3-4-6-13(12)19/h3-9H,1-2H3,(H2,17,20). The third-order valence-corrected chi connectivity index (χ3v) is 4.34. The summed E-state index contributed by atoms with van der Waals surface area (Å²) >= 11 is 1.64. The monoisotopic (exact) mass is 297 g/mol. The number of primary amides is 1. The van der Waals surface area contributed by atoms with E-state index >= 15 is 0 Å². The molecule has 1 aromatic heterocycles. The summed E-state index contributed by atoms with van der Waals surface area (Å²) in [6.07, 6.45) is 3.80. The van der Waals surface area contributed by atoms with Crippen LogP contribution in [0.25, 0.3) is 16.7 Å². The number of benzene rings is 2. The number of fused-ring (bicyclic) bond motifs is 1. The van der Waals surface area contributed by atoms with Crippen molar-refractivity contribution < 1.29 is 4.79 Å². The maximum atomic E-state index is 11.6. The van der Waals surface area contributed by atoms with Crippen LogP contribution in [0.2, 0.25) is 0 Å². The number of amides is 1. The van der Waals surface area contributed by atoms with Crippen molar-refractivity contribution >= 4 is 28.7 Å². The summed E-state index contributed by atoms with van der Waals surface area (Å²) in [6.45, 7) is 1.92. The minimum Gasteiger partial charge on any atom is -0.366 e. The van der Waals surface area contributed by atoms with Gasteiger partial charge in [-0.3, -0.25) is 9.36 Å². The lowest BCUT2D eigenvalue weighted by Gasteiger charge is -2.15. The zero-order chi connectivity index (χ0) is 15.0. The fraction of sp³-hybridized carbons (Fsp3) is 0.125. The summed E-state index contributed by atoms with van der Waals surface area (Å²) in [5.41, 5.74) is 9.79. The van der Waals surface area contributed by atoms with Gasteiger partial charge < -0.3 is 5.73 Å². The molecule has 0 spiro atoms. The highest BCUT2D eigenvalue weighted by Gasteiger charge is 2.16. The van der Waals surface area contributed by atoms with Gasteiger partial charge in [0, 0.05) is 10.5 Å². The summed E-state index contributed by atoms with van der Waals surface area (Å²) in [5, 5.41) is 0. The molecule has 4 nitrogen and oxygen atoms in total. The molecule has 0 bridgehead atoms. The molecular weight excluding hydrogens is 282 g/mol. The second-order valence-corrected chi connectivity index (χ2v) is 5.60. The van der Waals surface area contributed by atoms with Crippen LogP contribution in [0.5, 0.6) is 0 Å². The van der Waals surface area contributed by atoms with Gasteiger partial charge in [0.1, 0.15) is 6.33 Å². The molecule has 0 unspecified atom stereocenters. The minimum absolute atomic E-state index is 0.411. The molecule has 0 fully saturated rings. The van der Waals surface area contributed by atoms with Gasteiger partial charge in [-0.15, -0.1) is 11.8 Å².